The van der Waals surface area contributed by atoms with Crippen LogP contribution in [0.5, 0.6) is 0 Å². The van der Waals surface area contributed by atoms with Crippen LogP contribution in [0.3, 0.4) is 0 Å². The number of nitrogens with one attached hydrogen (secondary N) is 1. The molecule has 0 bridgehead atoms. The molecule has 1 aromatic carbocycles. The number of amides is 1. The lowest BCUT2D eigenvalue weighted by Crippen LogP contribution is -2.33. The van der Waals surface area contributed by atoms with Crippen molar-refractivity contribution in [2.75, 3.05) is 0 Å². The molecule has 6 nitrogen and oxygen atoms in total. The first-order valence-electron chi connectivity index (χ1n) is 7.83. The number of carboxylic acid groups (broad SMARTS) is 1. The van der Waals surface area contributed by atoms with E-state index in [1.54, 1.807) is 19.1 Å². The summed E-state index contributed by atoms with van der Waals surface area (Å²) in [5.74, 6) is -1.44. The second-order valence-corrected chi connectivity index (χ2v) is 6.36. The quantitative estimate of drug-likeness (QED) is 0.870. The molecule has 2 aromatic rings. The van der Waals surface area contributed by atoms with Gasteiger partial charge in [0.15, 0.2) is 17.6 Å². The normalized spacial score (nSPS) is 14.7. The van der Waals surface area contributed by atoms with E-state index >= 15 is 0 Å². The number of fused-ring (bicyclic) bond motifs is 1. The van der Waals surface area contributed by atoms with Gasteiger partial charge in [-0.15, -0.1) is 0 Å². The topological polar surface area (TPSA) is 96.6 Å². The van der Waals surface area contributed by atoms with Crippen LogP contribution in [0.15, 0.2) is 28.7 Å². The monoisotopic (exact) mass is 361 g/mol. The predicted octanol–water partition coefficient (Wildman–Crippen LogP) is 3.32. The minimum atomic E-state index is -1.25. The number of Topliss-reactive ketones (excluding diaryl/α,β-unsaturated/α-hetero) is 1. The molecule has 7 heteroatoms. The van der Waals surface area contributed by atoms with Crippen LogP contribution in [0.4, 0.5) is 0 Å². The molecule has 0 saturated carbocycles. The van der Waals surface area contributed by atoms with Gasteiger partial charge in [-0.25, -0.2) is 4.79 Å². The summed E-state index contributed by atoms with van der Waals surface area (Å²) in [6.45, 7) is 1.64. The van der Waals surface area contributed by atoms with Gasteiger partial charge >= 0.3 is 5.97 Å². The number of hydrogen-bond donors (Lipinski definition) is 2. The summed E-state index contributed by atoms with van der Waals surface area (Å²) in [6.07, 6.45) is 1.70. The maximum Gasteiger partial charge on any atom is 0.330 e. The lowest BCUT2D eigenvalue weighted by atomic mass is 9.94. The summed E-state index contributed by atoms with van der Waals surface area (Å²) in [7, 11) is 0. The lowest BCUT2D eigenvalue weighted by Gasteiger charge is -2.14. The fourth-order valence-corrected chi connectivity index (χ4v) is 3.13. The maximum absolute atomic E-state index is 12.5. The highest BCUT2D eigenvalue weighted by atomic mass is 35.5. The second-order valence-electron chi connectivity index (χ2n) is 5.93. The molecule has 1 aromatic heterocycles. The first kappa shape index (κ1) is 17.2. The fourth-order valence-electron chi connectivity index (χ4n) is 3.00. The second kappa shape index (κ2) is 6.72. The van der Waals surface area contributed by atoms with Gasteiger partial charge in [-0.3, -0.25) is 9.59 Å². The summed E-state index contributed by atoms with van der Waals surface area (Å²) in [5.41, 5.74) is 1.29. The van der Waals surface area contributed by atoms with E-state index in [2.05, 4.69) is 5.32 Å². The summed E-state index contributed by atoms with van der Waals surface area (Å²) < 4.78 is 5.56. The molecule has 1 unspecified atom stereocenters. The molecule has 2 N–H and O–H groups in total. The average Bonchev–Trinajstić information content (AvgIpc) is 2.91. The smallest absolute Gasteiger partial charge is 0.330 e. The molecule has 1 atom stereocenters. The summed E-state index contributed by atoms with van der Waals surface area (Å²) >= 11 is 5.81. The van der Waals surface area contributed by atoms with E-state index in [9.17, 15) is 19.5 Å². The van der Waals surface area contributed by atoms with Crippen LogP contribution in [-0.4, -0.2) is 22.8 Å². The molecule has 130 valence electrons. The summed E-state index contributed by atoms with van der Waals surface area (Å²) in [5, 5.41) is 12.3. The number of ketones is 1. The van der Waals surface area contributed by atoms with Gasteiger partial charge < -0.3 is 14.8 Å². The Bertz CT molecular complexity index is 853. The number of aryl methyl sites for hydroxylation is 1. The zero-order chi connectivity index (χ0) is 18.1. The van der Waals surface area contributed by atoms with Crippen molar-refractivity contribution in [2.24, 2.45) is 0 Å². The Labute approximate surface area is 148 Å². The SMILES string of the molecule is Cc1c(C(=O)NC(C(=O)O)c2ccc(Cl)cc2)oc2c1C(=O)CCC2. The van der Waals surface area contributed by atoms with Gasteiger partial charge in [0, 0.05) is 23.4 Å². The van der Waals surface area contributed by atoms with Crippen molar-refractivity contribution in [3.05, 3.63) is 57.5 Å². The van der Waals surface area contributed by atoms with Crippen LogP contribution in [0.25, 0.3) is 0 Å². The summed E-state index contributed by atoms with van der Waals surface area (Å²) in [4.78, 5) is 36.1. The molecular formula is C18H16ClNO5. The Morgan fingerprint density at radius 3 is 2.52 bits per heavy atom. The number of benzene rings is 1. The third-order valence-electron chi connectivity index (χ3n) is 4.24. The van der Waals surface area contributed by atoms with E-state index in [1.165, 1.54) is 12.1 Å². The van der Waals surface area contributed by atoms with Gasteiger partial charge in [0.05, 0.1) is 5.56 Å². The van der Waals surface area contributed by atoms with Crippen LogP contribution in [0, 0.1) is 6.92 Å². The number of furan rings is 1. The van der Waals surface area contributed by atoms with E-state index in [0.717, 1.165) is 0 Å². The van der Waals surface area contributed by atoms with Crippen LogP contribution in [-0.2, 0) is 11.2 Å². The molecule has 1 aliphatic rings. The van der Waals surface area contributed by atoms with E-state index in [4.69, 9.17) is 16.0 Å². The Kier molecular flexibility index (Phi) is 4.63. The van der Waals surface area contributed by atoms with Gasteiger partial charge in [0.25, 0.3) is 5.91 Å². The Balaban J connectivity index is 1.89. The van der Waals surface area contributed by atoms with Crippen molar-refractivity contribution in [2.45, 2.75) is 32.2 Å². The van der Waals surface area contributed by atoms with Crippen molar-refractivity contribution in [3.63, 3.8) is 0 Å². The van der Waals surface area contributed by atoms with Crippen LogP contribution in [0.1, 0.15) is 56.7 Å². The van der Waals surface area contributed by atoms with E-state index in [-0.39, 0.29) is 11.5 Å². The highest BCUT2D eigenvalue weighted by Gasteiger charge is 2.31. The standard InChI is InChI=1S/C18H16ClNO5/c1-9-14-12(21)3-2-4-13(14)25-16(9)17(22)20-15(18(23)24)10-5-7-11(19)8-6-10/h5-8,15H,2-4H2,1H3,(H,20,22)(H,23,24). The predicted molar refractivity (Wildman–Crippen MR) is 90.0 cm³/mol. The molecule has 0 radical (unpaired) electrons. The highest BCUT2D eigenvalue weighted by molar-refractivity contribution is 6.30. The van der Waals surface area contributed by atoms with Crippen molar-refractivity contribution in [1.29, 1.82) is 0 Å². The molecule has 0 spiro atoms. The first-order chi connectivity index (χ1) is 11.9. The number of carbonyl (C=O) groups is 3. The molecule has 25 heavy (non-hydrogen) atoms. The molecule has 1 aliphatic carbocycles. The van der Waals surface area contributed by atoms with Gasteiger partial charge in [-0.1, -0.05) is 23.7 Å². The number of carboxylic acids is 1. The van der Waals surface area contributed by atoms with Gasteiger partial charge in [-0.05, 0) is 31.0 Å². The van der Waals surface area contributed by atoms with Crippen LogP contribution < -0.4 is 5.32 Å². The number of hydrogen-bond acceptors (Lipinski definition) is 4. The summed E-state index contributed by atoms with van der Waals surface area (Å²) in [6, 6.07) is 4.92. The molecule has 1 heterocycles. The largest absolute Gasteiger partial charge is 0.479 e. The molecule has 0 saturated heterocycles. The molecule has 3 rings (SSSR count). The maximum atomic E-state index is 12.5. The zero-order valence-electron chi connectivity index (χ0n) is 13.5. The van der Waals surface area contributed by atoms with Crippen molar-refractivity contribution >= 4 is 29.3 Å². The Morgan fingerprint density at radius 2 is 1.92 bits per heavy atom. The third kappa shape index (κ3) is 3.30. The third-order valence-corrected chi connectivity index (χ3v) is 4.49. The Morgan fingerprint density at radius 1 is 1.24 bits per heavy atom. The van der Waals surface area contributed by atoms with E-state index in [0.29, 0.717) is 46.7 Å². The van der Waals surface area contributed by atoms with Crippen molar-refractivity contribution in [3.8, 4) is 0 Å². The van der Waals surface area contributed by atoms with Gasteiger partial charge in [0.1, 0.15) is 5.76 Å². The first-order valence-corrected chi connectivity index (χ1v) is 8.21. The molecular weight excluding hydrogens is 346 g/mol. The van der Waals surface area contributed by atoms with Gasteiger partial charge in [0.2, 0.25) is 0 Å². The molecule has 0 fully saturated rings. The van der Waals surface area contributed by atoms with Crippen LogP contribution in [0.2, 0.25) is 5.02 Å². The van der Waals surface area contributed by atoms with Crippen molar-refractivity contribution in [1.82, 2.24) is 5.32 Å². The van der Waals surface area contributed by atoms with Crippen LogP contribution >= 0.6 is 11.6 Å². The number of rotatable bonds is 4. The number of carbonyl (C=O) groups excluding carboxylic acids is 2. The number of halogens is 1. The zero-order valence-corrected chi connectivity index (χ0v) is 14.2. The van der Waals surface area contributed by atoms with E-state index < -0.39 is 17.9 Å². The minimum absolute atomic E-state index is 0.0135. The highest BCUT2D eigenvalue weighted by Crippen LogP contribution is 2.29. The lowest BCUT2D eigenvalue weighted by molar-refractivity contribution is -0.139. The molecule has 0 aliphatic heterocycles. The Hall–Kier alpha value is -2.60. The fraction of sp³-hybridized carbons (Fsp3) is 0.278. The minimum Gasteiger partial charge on any atom is -0.479 e. The number of aliphatic carboxylic acids is 1. The van der Waals surface area contributed by atoms with E-state index in [1.807, 2.05) is 0 Å². The van der Waals surface area contributed by atoms with Gasteiger partial charge in [-0.2, -0.15) is 0 Å². The van der Waals surface area contributed by atoms with Crippen molar-refractivity contribution < 1.29 is 23.9 Å². The molecule has 1 amide bonds. The average molecular weight is 362 g/mol.